The van der Waals surface area contributed by atoms with Gasteiger partial charge in [-0.1, -0.05) is 18.2 Å². The Morgan fingerprint density at radius 2 is 1.92 bits per heavy atom. The second-order valence-corrected chi connectivity index (χ2v) is 2.83. The summed E-state index contributed by atoms with van der Waals surface area (Å²) in [6, 6.07) is 6.20. The van der Waals surface area contributed by atoms with Gasteiger partial charge in [-0.15, -0.1) is 0 Å². The third kappa shape index (κ3) is 2.32. The highest BCUT2D eigenvalue weighted by Crippen LogP contribution is 2.12. The molecule has 0 aliphatic rings. The highest BCUT2D eigenvalue weighted by Gasteiger charge is 1.98. The Morgan fingerprint density at radius 3 is 2.50 bits per heavy atom. The van der Waals surface area contributed by atoms with E-state index in [1.54, 1.807) is 0 Å². The van der Waals surface area contributed by atoms with E-state index >= 15 is 0 Å². The van der Waals surface area contributed by atoms with E-state index in [9.17, 15) is 0 Å². The molecule has 0 heterocycles. The molecule has 3 N–H and O–H groups in total. The average Bonchev–Trinajstić information content (AvgIpc) is 1.99. The van der Waals surface area contributed by atoms with E-state index in [0.29, 0.717) is 0 Å². The topological polar surface area (TPSA) is 51.7 Å². The average molecular weight is 168 g/mol. The standard InChI is InChI=1S/C10H14O.H2O/c1-8-4-3-5-10(6-7-11)9(8)2;/h3-5,11H,6-7H2,1-2H3;1H2. The molecule has 0 unspecified atom stereocenters. The molecule has 0 spiro atoms. The number of hydrogen-bond donors (Lipinski definition) is 1. The summed E-state index contributed by atoms with van der Waals surface area (Å²) in [7, 11) is 0. The molecule has 0 saturated heterocycles. The van der Waals surface area contributed by atoms with E-state index in [0.717, 1.165) is 6.42 Å². The largest absolute Gasteiger partial charge is 0.412 e. The summed E-state index contributed by atoms with van der Waals surface area (Å²) in [5, 5.41) is 8.74. The lowest BCUT2D eigenvalue weighted by molar-refractivity contribution is 0.299. The molecule has 0 radical (unpaired) electrons. The molecule has 68 valence electrons. The van der Waals surface area contributed by atoms with Gasteiger partial charge in [-0.2, -0.15) is 0 Å². The quantitative estimate of drug-likeness (QED) is 0.704. The van der Waals surface area contributed by atoms with Crippen LogP contribution in [-0.2, 0) is 6.42 Å². The zero-order valence-electron chi connectivity index (χ0n) is 7.59. The van der Waals surface area contributed by atoms with E-state index in [1.807, 2.05) is 6.07 Å². The van der Waals surface area contributed by atoms with Crippen molar-refractivity contribution in [3.63, 3.8) is 0 Å². The molecule has 0 aliphatic carbocycles. The second kappa shape index (κ2) is 4.91. The van der Waals surface area contributed by atoms with Crippen LogP contribution in [0.3, 0.4) is 0 Å². The van der Waals surface area contributed by atoms with Crippen LogP contribution in [0.1, 0.15) is 16.7 Å². The van der Waals surface area contributed by atoms with Crippen LogP contribution in [0.25, 0.3) is 0 Å². The molecule has 0 aromatic heterocycles. The van der Waals surface area contributed by atoms with E-state index < -0.39 is 0 Å². The van der Waals surface area contributed by atoms with Gasteiger partial charge in [-0.25, -0.2) is 0 Å². The Kier molecular flexibility index (Phi) is 4.55. The lowest BCUT2D eigenvalue weighted by Gasteiger charge is -2.05. The van der Waals surface area contributed by atoms with E-state index in [4.69, 9.17) is 5.11 Å². The molecule has 1 rings (SSSR count). The van der Waals surface area contributed by atoms with Crippen molar-refractivity contribution >= 4 is 0 Å². The summed E-state index contributed by atoms with van der Waals surface area (Å²) < 4.78 is 0. The van der Waals surface area contributed by atoms with E-state index in [-0.39, 0.29) is 12.1 Å². The summed E-state index contributed by atoms with van der Waals surface area (Å²) in [5.41, 5.74) is 3.87. The zero-order chi connectivity index (χ0) is 8.27. The molecule has 12 heavy (non-hydrogen) atoms. The van der Waals surface area contributed by atoms with Crippen molar-refractivity contribution in [2.75, 3.05) is 6.61 Å². The van der Waals surface area contributed by atoms with Gasteiger partial charge >= 0.3 is 0 Å². The van der Waals surface area contributed by atoms with Gasteiger partial charge < -0.3 is 10.6 Å². The Labute approximate surface area is 73.2 Å². The summed E-state index contributed by atoms with van der Waals surface area (Å²) >= 11 is 0. The van der Waals surface area contributed by atoms with Crippen LogP contribution in [-0.4, -0.2) is 17.2 Å². The maximum atomic E-state index is 8.74. The summed E-state index contributed by atoms with van der Waals surface area (Å²) in [4.78, 5) is 0. The minimum absolute atomic E-state index is 0. The fourth-order valence-electron chi connectivity index (χ4n) is 1.20. The zero-order valence-corrected chi connectivity index (χ0v) is 7.59. The molecule has 0 bridgehead atoms. The van der Waals surface area contributed by atoms with Gasteiger partial charge in [0.2, 0.25) is 0 Å². The lowest BCUT2D eigenvalue weighted by atomic mass is 10.0. The third-order valence-corrected chi connectivity index (χ3v) is 2.10. The first kappa shape index (κ1) is 11.1. The van der Waals surface area contributed by atoms with Gasteiger partial charge in [-0.3, -0.25) is 0 Å². The smallest absolute Gasteiger partial charge is 0.0471 e. The van der Waals surface area contributed by atoms with Gasteiger partial charge in [-0.05, 0) is 37.0 Å². The maximum Gasteiger partial charge on any atom is 0.0471 e. The minimum atomic E-state index is 0. The van der Waals surface area contributed by atoms with Crippen molar-refractivity contribution in [1.82, 2.24) is 0 Å². The molecule has 0 aliphatic heterocycles. The molecule has 0 amide bonds. The van der Waals surface area contributed by atoms with Gasteiger partial charge in [0.1, 0.15) is 0 Å². The van der Waals surface area contributed by atoms with Crippen molar-refractivity contribution in [2.24, 2.45) is 0 Å². The van der Waals surface area contributed by atoms with E-state index in [2.05, 4.69) is 26.0 Å². The summed E-state index contributed by atoms with van der Waals surface area (Å²) in [6.07, 6.45) is 0.771. The Bertz CT molecular complexity index is 244. The normalized spacial score (nSPS) is 9.25. The van der Waals surface area contributed by atoms with Crippen molar-refractivity contribution in [3.8, 4) is 0 Å². The first-order valence-electron chi connectivity index (χ1n) is 3.91. The Balaban J connectivity index is 0.00000121. The number of aryl methyl sites for hydroxylation is 1. The molecule has 1 aromatic rings. The number of aliphatic hydroxyl groups is 1. The number of hydrogen-bond acceptors (Lipinski definition) is 1. The van der Waals surface area contributed by atoms with Gasteiger partial charge in [0, 0.05) is 6.61 Å². The van der Waals surface area contributed by atoms with Gasteiger partial charge in [0.15, 0.2) is 0 Å². The van der Waals surface area contributed by atoms with Crippen LogP contribution in [0.5, 0.6) is 0 Å². The summed E-state index contributed by atoms with van der Waals surface area (Å²) in [5.74, 6) is 0. The second-order valence-electron chi connectivity index (χ2n) is 2.83. The first-order chi connectivity index (χ1) is 5.25. The molecule has 2 nitrogen and oxygen atoms in total. The minimum Gasteiger partial charge on any atom is -0.412 e. The number of rotatable bonds is 2. The van der Waals surface area contributed by atoms with Crippen LogP contribution in [0.2, 0.25) is 0 Å². The van der Waals surface area contributed by atoms with Crippen LogP contribution >= 0.6 is 0 Å². The molecule has 0 atom stereocenters. The highest BCUT2D eigenvalue weighted by atomic mass is 16.2. The molecular weight excluding hydrogens is 152 g/mol. The molecule has 2 heteroatoms. The molecule has 0 saturated carbocycles. The van der Waals surface area contributed by atoms with Crippen LogP contribution in [0, 0.1) is 13.8 Å². The SMILES string of the molecule is Cc1cccc(CCO)c1C.O. The van der Waals surface area contributed by atoms with Gasteiger partial charge in [0.25, 0.3) is 0 Å². The Hall–Kier alpha value is -0.860. The van der Waals surface area contributed by atoms with Crippen molar-refractivity contribution < 1.29 is 10.6 Å². The Morgan fingerprint density at radius 1 is 1.25 bits per heavy atom. The van der Waals surface area contributed by atoms with Crippen LogP contribution < -0.4 is 0 Å². The predicted octanol–water partition coefficient (Wildman–Crippen LogP) is 1.01. The van der Waals surface area contributed by atoms with Crippen molar-refractivity contribution in [1.29, 1.82) is 0 Å². The predicted molar refractivity (Wildman–Crippen MR) is 50.3 cm³/mol. The van der Waals surface area contributed by atoms with E-state index in [1.165, 1.54) is 16.7 Å². The number of aliphatic hydroxyl groups excluding tert-OH is 1. The fraction of sp³-hybridized carbons (Fsp3) is 0.400. The highest BCUT2D eigenvalue weighted by molar-refractivity contribution is 5.33. The monoisotopic (exact) mass is 168 g/mol. The summed E-state index contributed by atoms with van der Waals surface area (Å²) in [6.45, 7) is 4.43. The van der Waals surface area contributed by atoms with Crippen molar-refractivity contribution in [2.45, 2.75) is 20.3 Å². The van der Waals surface area contributed by atoms with Crippen molar-refractivity contribution in [3.05, 3.63) is 34.9 Å². The molecule has 0 fully saturated rings. The maximum absolute atomic E-state index is 8.74. The first-order valence-corrected chi connectivity index (χ1v) is 3.91. The fourth-order valence-corrected chi connectivity index (χ4v) is 1.20. The number of benzene rings is 1. The van der Waals surface area contributed by atoms with Crippen LogP contribution in [0.4, 0.5) is 0 Å². The van der Waals surface area contributed by atoms with Crippen LogP contribution in [0.15, 0.2) is 18.2 Å². The lowest BCUT2D eigenvalue weighted by Crippen LogP contribution is -1.95. The third-order valence-electron chi connectivity index (χ3n) is 2.10. The van der Waals surface area contributed by atoms with Gasteiger partial charge in [0.05, 0.1) is 0 Å². The molecule has 1 aromatic carbocycles. The molecular formula is C10H16O2.